The lowest BCUT2D eigenvalue weighted by atomic mass is 10.1. The summed E-state index contributed by atoms with van der Waals surface area (Å²) in [6.07, 6.45) is 0.660. The fourth-order valence-corrected chi connectivity index (χ4v) is 1.46. The first-order chi connectivity index (χ1) is 8.53. The van der Waals surface area contributed by atoms with Crippen LogP contribution in [0.2, 0.25) is 0 Å². The monoisotopic (exact) mass is 269 g/mol. The molecule has 5 heteroatoms. The van der Waals surface area contributed by atoms with Crippen molar-refractivity contribution in [2.45, 2.75) is 25.5 Å². The van der Waals surface area contributed by atoms with Crippen molar-refractivity contribution in [1.82, 2.24) is 0 Å². The summed E-state index contributed by atoms with van der Waals surface area (Å²) in [6.45, 7) is 2.09. The maximum absolute atomic E-state index is 9.60. The van der Waals surface area contributed by atoms with Gasteiger partial charge in [-0.1, -0.05) is 6.07 Å². The number of carbonyl (C=O) groups excluding carboxylic acids is 1. The second kappa shape index (κ2) is 9.53. The van der Waals surface area contributed by atoms with Crippen LogP contribution in [0.3, 0.4) is 0 Å². The number of carbonyl (C=O) groups is 2. The van der Waals surface area contributed by atoms with E-state index in [4.69, 9.17) is 5.11 Å². The summed E-state index contributed by atoms with van der Waals surface area (Å²) in [5.74, 6) is -0.122. The molecule has 0 aliphatic heterocycles. The summed E-state index contributed by atoms with van der Waals surface area (Å²) in [7, 11) is 1.93. The van der Waals surface area contributed by atoms with Crippen molar-refractivity contribution in [3.05, 3.63) is 29.3 Å². The largest absolute Gasteiger partial charge is 0.481 e. The second-order valence-corrected chi connectivity index (χ2v) is 4.03. The number of hydrogen-bond acceptors (Lipinski definition) is 4. The minimum Gasteiger partial charge on any atom is -0.481 e. The standard InChI is InChI=1S/C9H13NS.C4H6O3/c1-7-3-8(6-11)5-9(4-7)10-2;5-3-1-2-4(6)7/h3-5,10-11H,6H2,1-2H3;3H,1-2H2,(H,6,7). The van der Waals surface area contributed by atoms with Gasteiger partial charge in [0.25, 0.3) is 0 Å². The average Bonchev–Trinajstić information content (AvgIpc) is 2.36. The first kappa shape index (κ1) is 16.5. The Morgan fingerprint density at radius 3 is 2.50 bits per heavy atom. The Kier molecular flexibility index (Phi) is 8.74. The molecule has 1 aromatic carbocycles. The third-order valence-electron chi connectivity index (χ3n) is 2.08. The molecular weight excluding hydrogens is 250 g/mol. The van der Waals surface area contributed by atoms with Crippen molar-refractivity contribution in [3.8, 4) is 0 Å². The van der Waals surface area contributed by atoms with Crippen LogP contribution in [-0.4, -0.2) is 24.4 Å². The summed E-state index contributed by atoms with van der Waals surface area (Å²) >= 11 is 4.22. The van der Waals surface area contributed by atoms with Gasteiger partial charge in [0, 0.05) is 24.9 Å². The van der Waals surface area contributed by atoms with Crippen LogP contribution in [-0.2, 0) is 15.3 Å². The summed E-state index contributed by atoms with van der Waals surface area (Å²) in [4.78, 5) is 19.0. The van der Waals surface area contributed by atoms with Crippen LogP contribution in [0.5, 0.6) is 0 Å². The number of rotatable bonds is 5. The zero-order chi connectivity index (χ0) is 14.0. The van der Waals surface area contributed by atoms with Gasteiger partial charge in [0.1, 0.15) is 6.29 Å². The molecule has 0 aromatic heterocycles. The number of anilines is 1. The predicted octanol–water partition coefficient (Wildman–Crippen LogP) is 2.52. The molecule has 0 aliphatic carbocycles. The van der Waals surface area contributed by atoms with Crippen LogP contribution in [0.15, 0.2) is 18.2 Å². The third-order valence-corrected chi connectivity index (χ3v) is 2.45. The minimum absolute atomic E-state index is 0.0521. The Morgan fingerprint density at radius 1 is 1.44 bits per heavy atom. The smallest absolute Gasteiger partial charge is 0.303 e. The molecule has 0 saturated carbocycles. The number of thiol groups is 1. The molecule has 100 valence electrons. The lowest BCUT2D eigenvalue weighted by Crippen LogP contribution is -1.93. The van der Waals surface area contributed by atoms with E-state index >= 15 is 0 Å². The van der Waals surface area contributed by atoms with Gasteiger partial charge in [-0.3, -0.25) is 4.79 Å². The van der Waals surface area contributed by atoms with Gasteiger partial charge in [-0.15, -0.1) is 0 Å². The molecule has 1 aromatic rings. The molecule has 0 bridgehead atoms. The van der Waals surface area contributed by atoms with E-state index in [1.54, 1.807) is 0 Å². The Morgan fingerprint density at radius 2 is 2.11 bits per heavy atom. The van der Waals surface area contributed by atoms with Gasteiger partial charge < -0.3 is 15.2 Å². The minimum atomic E-state index is -0.924. The van der Waals surface area contributed by atoms with Gasteiger partial charge in [0.2, 0.25) is 0 Å². The molecule has 0 fully saturated rings. The maximum atomic E-state index is 9.60. The van der Waals surface area contributed by atoms with Gasteiger partial charge in [-0.2, -0.15) is 12.6 Å². The number of aryl methyl sites for hydroxylation is 1. The quantitative estimate of drug-likeness (QED) is 0.567. The highest BCUT2D eigenvalue weighted by Crippen LogP contribution is 2.14. The Hall–Kier alpha value is -1.49. The highest BCUT2D eigenvalue weighted by molar-refractivity contribution is 7.79. The van der Waals surface area contributed by atoms with Gasteiger partial charge in [0.05, 0.1) is 6.42 Å². The summed E-state index contributed by atoms with van der Waals surface area (Å²) in [6, 6.07) is 6.38. The SMILES string of the molecule is CNc1cc(C)cc(CS)c1.O=CCCC(=O)O. The number of aldehydes is 1. The molecular formula is C13H19NO3S. The molecule has 0 spiro atoms. The molecule has 0 amide bonds. The topological polar surface area (TPSA) is 66.4 Å². The van der Waals surface area contributed by atoms with E-state index in [9.17, 15) is 9.59 Å². The maximum Gasteiger partial charge on any atom is 0.303 e. The van der Waals surface area contributed by atoms with Gasteiger partial charge in [0.15, 0.2) is 0 Å². The first-order valence-electron chi connectivity index (χ1n) is 5.58. The van der Waals surface area contributed by atoms with E-state index in [1.165, 1.54) is 11.1 Å². The van der Waals surface area contributed by atoms with Crippen LogP contribution in [0, 0.1) is 6.92 Å². The summed E-state index contributed by atoms with van der Waals surface area (Å²) < 4.78 is 0. The zero-order valence-corrected chi connectivity index (χ0v) is 11.5. The molecule has 0 heterocycles. The molecule has 2 N–H and O–H groups in total. The zero-order valence-electron chi connectivity index (χ0n) is 10.6. The lowest BCUT2D eigenvalue weighted by Gasteiger charge is -2.04. The Bertz CT molecular complexity index is 372. The van der Waals surface area contributed by atoms with Crippen molar-refractivity contribution in [3.63, 3.8) is 0 Å². The van der Waals surface area contributed by atoms with E-state index in [1.807, 2.05) is 7.05 Å². The van der Waals surface area contributed by atoms with Crippen LogP contribution in [0.1, 0.15) is 24.0 Å². The van der Waals surface area contributed by atoms with Gasteiger partial charge in [-0.05, 0) is 30.2 Å². The van der Waals surface area contributed by atoms with Gasteiger partial charge in [-0.25, -0.2) is 0 Å². The molecule has 1 rings (SSSR count). The van der Waals surface area contributed by atoms with Crippen LogP contribution in [0.25, 0.3) is 0 Å². The van der Waals surface area contributed by atoms with E-state index < -0.39 is 5.97 Å². The normalized spacial score (nSPS) is 9.06. The average molecular weight is 269 g/mol. The molecule has 0 saturated heterocycles. The predicted molar refractivity (Wildman–Crippen MR) is 76.3 cm³/mol. The molecule has 0 aliphatic rings. The number of hydrogen-bond donors (Lipinski definition) is 3. The fraction of sp³-hybridized carbons (Fsp3) is 0.385. The number of carboxylic acid groups (broad SMARTS) is 1. The van der Waals surface area contributed by atoms with Crippen molar-refractivity contribution >= 4 is 30.6 Å². The van der Waals surface area contributed by atoms with E-state index in [0.29, 0.717) is 6.29 Å². The number of carboxylic acids is 1. The summed E-state index contributed by atoms with van der Waals surface area (Å²) in [5.41, 5.74) is 3.70. The number of nitrogens with one attached hydrogen (secondary N) is 1. The van der Waals surface area contributed by atoms with Crippen molar-refractivity contribution in [1.29, 1.82) is 0 Å². The van der Waals surface area contributed by atoms with Crippen molar-refractivity contribution < 1.29 is 14.7 Å². The number of aliphatic carboxylic acids is 1. The highest BCUT2D eigenvalue weighted by atomic mass is 32.1. The summed E-state index contributed by atoms with van der Waals surface area (Å²) in [5, 5.41) is 11.0. The molecule has 0 radical (unpaired) electrons. The van der Waals surface area contributed by atoms with Crippen molar-refractivity contribution in [2.75, 3.05) is 12.4 Å². The number of benzene rings is 1. The first-order valence-corrected chi connectivity index (χ1v) is 6.21. The molecule has 0 atom stereocenters. The second-order valence-electron chi connectivity index (χ2n) is 3.71. The van der Waals surface area contributed by atoms with Crippen LogP contribution < -0.4 is 5.32 Å². The Balaban J connectivity index is 0.000000360. The van der Waals surface area contributed by atoms with E-state index in [0.717, 1.165) is 11.4 Å². The van der Waals surface area contributed by atoms with E-state index in [-0.39, 0.29) is 12.8 Å². The Labute approximate surface area is 113 Å². The van der Waals surface area contributed by atoms with Crippen molar-refractivity contribution in [2.24, 2.45) is 0 Å². The molecule has 4 nitrogen and oxygen atoms in total. The van der Waals surface area contributed by atoms with Crippen LogP contribution >= 0.6 is 12.6 Å². The highest BCUT2D eigenvalue weighted by Gasteiger charge is 1.94. The third kappa shape index (κ3) is 7.73. The van der Waals surface area contributed by atoms with Crippen LogP contribution in [0.4, 0.5) is 5.69 Å². The molecule has 18 heavy (non-hydrogen) atoms. The fourth-order valence-electron chi connectivity index (χ4n) is 1.28. The van der Waals surface area contributed by atoms with Gasteiger partial charge >= 0.3 is 5.97 Å². The lowest BCUT2D eigenvalue weighted by molar-refractivity contribution is -0.137. The van der Waals surface area contributed by atoms with E-state index in [2.05, 4.69) is 43.1 Å². The molecule has 0 unspecified atom stereocenters.